The fourth-order valence-electron chi connectivity index (χ4n) is 7.18. The third-order valence-electron chi connectivity index (χ3n) is 9.36. The molecule has 40 heavy (non-hydrogen) atoms. The normalized spacial score (nSPS) is 29.3. The van der Waals surface area contributed by atoms with Crippen LogP contribution in [0.25, 0.3) is 22.3 Å². The molecule has 0 bridgehead atoms. The van der Waals surface area contributed by atoms with Crippen molar-refractivity contribution in [3.63, 3.8) is 0 Å². The average Bonchev–Trinajstić information content (AvgIpc) is 3.70. The van der Waals surface area contributed by atoms with Crippen LogP contribution in [-0.4, -0.2) is 50.9 Å². The number of imidazole rings is 1. The highest BCUT2D eigenvalue weighted by Crippen LogP contribution is 2.43. The van der Waals surface area contributed by atoms with Crippen molar-refractivity contribution in [2.24, 2.45) is 11.8 Å². The molecule has 3 aromatic rings. The van der Waals surface area contributed by atoms with Gasteiger partial charge in [-0.1, -0.05) is 31.4 Å². The summed E-state index contributed by atoms with van der Waals surface area (Å²) in [6, 6.07) is 4.39. The summed E-state index contributed by atoms with van der Waals surface area (Å²) in [5, 5.41) is 3.32. The van der Waals surface area contributed by atoms with Crippen LogP contribution in [0, 0.1) is 11.8 Å². The fraction of sp³-hybridized carbons (Fsp3) is 0.586. The monoisotopic (exact) mass is 565 g/mol. The SMILES string of the molecule is CC1CCC(C(C)n2c(N3CCO[C@@H]4CCC[C@H]43)nc3cc(C4NOC(=O)N4)nc(-c4cncc(Cl)c4)c32)CC1. The number of carbonyl (C=O) groups excluding carboxylic acids is 1. The summed E-state index contributed by atoms with van der Waals surface area (Å²) < 4.78 is 8.63. The second kappa shape index (κ2) is 10.5. The van der Waals surface area contributed by atoms with E-state index in [2.05, 4.69) is 39.1 Å². The molecule has 0 aromatic carbocycles. The maximum absolute atomic E-state index is 11.9. The van der Waals surface area contributed by atoms with Crippen LogP contribution in [0.2, 0.25) is 5.02 Å². The van der Waals surface area contributed by atoms with Gasteiger partial charge in [-0.3, -0.25) is 10.3 Å². The molecule has 212 valence electrons. The quantitative estimate of drug-likeness (QED) is 0.415. The number of anilines is 1. The number of nitrogens with zero attached hydrogens (tertiary/aromatic N) is 5. The smallest absolute Gasteiger partial charge is 0.374 e. The number of ether oxygens (including phenoxy) is 1. The van der Waals surface area contributed by atoms with Gasteiger partial charge in [0.25, 0.3) is 0 Å². The lowest BCUT2D eigenvalue weighted by atomic mass is 9.79. The van der Waals surface area contributed by atoms with Gasteiger partial charge in [-0.25, -0.2) is 14.8 Å². The number of hydrogen-bond donors (Lipinski definition) is 2. The first kappa shape index (κ1) is 26.0. The van der Waals surface area contributed by atoms with Crippen molar-refractivity contribution < 1.29 is 14.4 Å². The summed E-state index contributed by atoms with van der Waals surface area (Å²) in [4.78, 5) is 34.1. The molecule has 0 radical (unpaired) electrons. The van der Waals surface area contributed by atoms with E-state index in [1.807, 2.05) is 12.1 Å². The molecule has 11 heteroatoms. The van der Waals surface area contributed by atoms with Gasteiger partial charge >= 0.3 is 6.09 Å². The first-order valence-electron chi connectivity index (χ1n) is 14.6. The van der Waals surface area contributed by atoms with E-state index in [1.165, 1.54) is 32.1 Å². The Hall–Kier alpha value is -2.95. The number of carbonyl (C=O) groups is 1. The zero-order chi connectivity index (χ0) is 27.4. The Kier molecular flexibility index (Phi) is 6.80. The van der Waals surface area contributed by atoms with Crippen molar-refractivity contribution in [2.45, 2.75) is 83.1 Å². The molecule has 2 saturated carbocycles. The Morgan fingerprint density at radius 1 is 1.10 bits per heavy atom. The number of pyridine rings is 2. The summed E-state index contributed by atoms with van der Waals surface area (Å²) in [7, 11) is 0. The number of morpholine rings is 1. The predicted octanol–water partition coefficient (Wildman–Crippen LogP) is 5.53. The van der Waals surface area contributed by atoms with Gasteiger partial charge in [0.2, 0.25) is 5.95 Å². The Bertz CT molecular complexity index is 1420. The molecule has 3 aromatic heterocycles. The van der Waals surface area contributed by atoms with Crippen molar-refractivity contribution in [2.75, 3.05) is 18.1 Å². The summed E-state index contributed by atoms with van der Waals surface area (Å²) in [5.41, 5.74) is 6.72. The largest absolute Gasteiger partial charge is 0.427 e. The van der Waals surface area contributed by atoms with Crippen LogP contribution >= 0.6 is 11.6 Å². The van der Waals surface area contributed by atoms with Gasteiger partial charge < -0.3 is 19.0 Å². The van der Waals surface area contributed by atoms with Gasteiger partial charge in [0.05, 0.1) is 46.2 Å². The average molecular weight is 566 g/mol. The zero-order valence-electron chi connectivity index (χ0n) is 23.0. The molecule has 7 rings (SSSR count). The topological polar surface area (TPSA) is 106 Å². The van der Waals surface area contributed by atoms with Crippen LogP contribution < -0.4 is 15.7 Å². The van der Waals surface area contributed by atoms with Crippen LogP contribution in [0.3, 0.4) is 0 Å². The third-order valence-corrected chi connectivity index (χ3v) is 9.57. The molecule has 2 saturated heterocycles. The van der Waals surface area contributed by atoms with E-state index in [1.54, 1.807) is 12.4 Å². The molecule has 4 aliphatic rings. The van der Waals surface area contributed by atoms with Crippen LogP contribution in [0.15, 0.2) is 24.5 Å². The van der Waals surface area contributed by atoms with Crippen molar-refractivity contribution in [3.8, 4) is 11.3 Å². The molecular formula is C29H36ClN7O3. The highest BCUT2D eigenvalue weighted by molar-refractivity contribution is 6.30. The minimum atomic E-state index is -0.587. The molecule has 5 heterocycles. The van der Waals surface area contributed by atoms with Crippen LogP contribution in [0.4, 0.5) is 10.7 Å². The fourth-order valence-corrected chi connectivity index (χ4v) is 7.36. The highest BCUT2D eigenvalue weighted by atomic mass is 35.5. The van der Waals surface area contributed by atoms with Gasteiger partial charge in [-0.15, -0.1) is 5.48 Å². The maximum Gasteiger partial charge on any atom is 0.427 e. The standard InChI is InChI=1S/C29H36ClN7O3/c1-16-6-8-18(9-7-16)17(2)37-26-21(33-28(37)36-10-11-39-24-5-3-4-23(24)36)13-22(27-34-29(38)40-35-27)32-25(26)19-12-20(30)15-31-14-19/h12-18,23-24,27,35H,3-11H2,1-2H3,(H,34,38)/t16?,17?,18?,23-,24-,27?/m1/s1. The Morgan fingerprint density at radius 3 is 2.73 bits per heavy atom. The lowest BCUT2D eigenvalue weighted by molar-refractivity contribution is 0.0245. The van der Waals surface area contributed by atoms with E-state index in [9.17, 15) is 4.79 Å². The van der Waals surface area contributed by atoms with Crippen LogP contribution in [-0.2, 0) is 9.57 Å². The number of aromatic nitrogens is 4. The number of rotatable bonds is 5. The number of fused-ring (bicyclic) bond motifs is 2. The minimum absolute atomic E-state index is 0.224. The van der Waals surface area contributed by atoms with Gasteiger partial charge in [-0.2, -0.15) is 0 Å². The van der Waals surface area contributed by atoms with Crippen molar-refractivity contribution in [3.05, 3.63) is 35.2 Å². The van der Waals surface area contributed by atoms with E-state index in [0.717, 1.165) is 53.5 Å². The summed E-state index contributed by atoms with van der Waals surface area (Å²) in [6.07, 6.45) is 10.8. The zero-order valence-corrected chi connectivity index (χ0v) is 23.7. The molecule has 4 atom stereocenters. The molecule has 4 fully saturated rings. The van der Waals surface area contributed by atoms with E-state index < -0.39 is 12.3 Å². The maximum atomic E-state index is 11.9. The lowest BCUT2D eigenvalue weighted by Gasteiger charge is -2.40. The number of amides is 1. The first-order chi connectivity index (χ1) is 19.5. The molecule has 2 aliphatic heterocycles. The first-order valence-corrected chi connectivity index (χ1v) is 15.0. The number of hydrogen-bond acceptors (Lipinski definition) is 8. The molecule has 10 nitrogen and oxygen atoms in total. The Morgan fingerprint density at radius 2 is 1.95 bits per heavy atom. The second-order valence-corrected chi connectivity index (χ2v) is 12.3. The molecule has 2 N–H and O–H groups in total. The van der Waals surface area contributed by atoms with Gasteiger partial charge in [-0.05, 0) is 63.0 Å². The molecule has 1 amide bonds. The van der Waals surface area contributed by atoms with Crippen molar-refractivity contribution in [1.29, 1.82) is 0 Å². The second-order valence-electron chi connectivity index (χ2n) is 11.9. The molecular weight excluding hydrogens is 530 g/mol. The Balaban J connectivity index is 1.44. The highest BCUT2D eigenvalue weighted by Gasteiger charge is 2.40. The lowest BCUT2D eigenvalue weighted by Crippen LogP contribution is -2.50. The molecule has 2 aliphatic carbocycles. The number of hydroxylamine groups is 1. The van der Waals surface area contributed by atoms with Gasteiger partial charge in [0.1, 0.15) is 0 Å². The van der Waals surface area contributed by atoms with E-state index >= 15 is 0 Å². The van der Waals surface area contributed by atoms with Crippen molar-refractivity contribution >= 4 is 34.7 Å². The summed E-state index contributed by atoms with van der Waals surface area (Å²) in [5.74, 6) is 2.30. The van der Waals surface area contributed by atoms with Crippen LogP contribution in [0.1, 0.15) is 76.7 Å². The number of halogens is 1. The predicted molar refractivity (Wildman–Crippen MR) is 152 cm³/mol. The van der Waals surface area contributed by atoms with E-state index in [4.69, 9.17) is 31.1 Å². The molecule has 0 spiro atoms. The summed E-state index contributed by atoms with van der Waals surface area (Å²) in [6.45, 7) is 6.21. The number of nitrogens with one attached hydrogen (secondary N) is 2. The van der Waals surface area contributed by atoms with Crippen molar-refractivity contribution in [1.82, 2.24) is 30.3 Å². The van der Waals surface area contributed by atoms with Gasteiger partial charge in [0.15, 0.2) is 6.17 Å². The Labute approximate surface area is 238 Å². The van der Waals surface area contributed by atoms with Crippen LogP contribution in [0.5, 0.6) is 0 Å². The van der Waals surface area contributed by atoms with Gasteiger partial charge in [0, 0.05) is 30.5 Å². The minimum Gasteiger partial charge on any atom is -0.374 e. The molecule has 2 unspecified atom stereocenters. The van der Waals surface area contributed by atoms with E-state index in [0.29, 0.717) is 29.3 Å². The third kappa shape index (κ3) is 4.59. The summed E-state index contributed by atoms with van der Waals surface area (Å²) >= 11 is 6.43. The van der Waals surface area contributed by atoms with E-state index in [-0.39, 0.29) is 12.1 Å².